The zero-order valence-corrected chi connectivity index (χ0v) is 16.8. The molecule has 148 valence electrons. The molecule has 29 heavy (non-hydrogen) atoms. The van der Waals surface area contributed by atoms with Gasteiger partial charge in [-0.3, -0.25) is 4.57 Å². The van der Waals surface area contributed by atoms with Crippen LogP contribution < -0.4 is 4.74 Å². The number of allylic oxidation sites excluding steroid dienone is 1. The molecule has 7 nitrogen and oxygen atoms in total. The molecule has 0 unspecified atom stereocenters. The van der Waals surface area contributed by atoms with E-state index in [1.165, 1.54) is 29.2 Å². The van der Waals surface area contributed by atoms with Crippen molar-refractivity contribution >= 4 is 23.1 Å². The number of hydrogen-bond donors (Lipinski definition) is 0. The topological polar surface area (TPSA) is 78.9 Å². The predicted molar refractivity (Wildman–Crippen MR) is 108 cm³/mol. The average molecular weight is 430 g/mol. The van der Waals surface area contributed by atoms with Crippen LogP contribution in [0.4, 0.5) is 4.39 Å². The van der Waals surface area contributed by atoms with E-state index in [1.807, 2.05) is 22.1 Å². The van der Waals surface area contributed by atoms with Crippen LogP contribution in [-0.2, 0) is 18.9 Å². The monoisotopic (exact) mass is 429 g/mol. The summed E-state index contributed by atoms with van der Waals surface area (Å²) in [7, 11) is 0. The Balaban J connectivity index is 1.43. The second kappa shape index (κ2) is 9.01. The minimum Gasteiger partial charge on any atom is -0.483 e. The normalized spacial score (nSPS) is 10.9. The largest absolute Gasteiger partial charge is 0.483 e. The summed E-state index contributed by atoms with van der Waals surface area (Å²) in [6, 6.07) is 10.1. The van der Waals surface area contributed by atoms with Crippen LogP contribution in [-0.4, -0.2) is 24.9 Å². The molecule has 0 radical (unpaired) electrons. The SMILES string of the molecule is C=CCn1c(COc2ccccc2F)nnc1SCc1noc(-c2cccs2)n1. The molecule has 3 aromatic heterocycles. The van der Waals surface area contributed by atoms with Gasteiger partial charge in [0.05, 0.1) is 10.6 Å². The molecule has 4 aromatic rings. The highest BCUT2D eigenvalue weighted by Crippen LogP contribution is 2.26. The highest BCUT2D eigenvalue weighted by molar-refractivity contribution is 7.98. The lowest BCUT2D eigenvalue weighted by Gasteiger charge is -2.09. The predicted octanol–water partition coefficient (Wildman–Crippen LogP) is 4.59. The lowest BCUT2D eigenvalue weighted by atomic mass is 10.3. The van der Waals surface area contributed by atoms with E-state index in [1.54, 1.807) is 24.3 Å². The minimum absolute atomic E-state index is 0.0903. The summed E-state index contributed by atoms with van der Waals surface area (Å²) in [6.45, 7) is 4.36. The molecular formula is C19H16FN5O2S2. The van der Waals surface area contributed by atoms with Crippen molar-refractivity contribution in [2.24, 2.45) is 0 Å². The summed E-state index contributed by atoms with van der Waals surface area (Å²) >= 11 is 2.97. The molecule has 1 aromatic carbocycles. The molecule has 0 N–H and O–H groups in total. The van der Waals surface area contributed by atoms with E-state index in [0.29, 0.717) is 35.0 Å². The fourth-order valence-electron chi connectivity index (χ4n) is 2.49. The van der Waals surface area contributed by atoms with Gasteiger partial charge in [0.1, 0.15) is 6.61 Å². The molecule has 3 heterocycles. The first kappa shape index (κ1) is 19.3. The molecule has 0 saturated heterocycles. The van der Waals surface area contributed by atoms with E-state index in [9.17, 15) is 4.39 Å². The quantitative estimate of drug-likeness (QED) is 0.284. The van der Waals surface area contributed by atoms with Crippen LogP contribution in [0, 0.1) is 5.82 Å². The van der Waals surface area contributed by atoms with Gasteiger partial charge in [-0.05, 0) is 23.6 Å². The Hall–Kier alpha value is -2.98. The Morgan fingerprint density at radius 2 is 2.14 bits per heavy atom. The number of halogens is 1. The maximum atomic E-state index is 13.7. The number of thiophene rings is 1. The summed E-state index contributed by atoms with van der Waals surface area (Å²) in [6.07, 6.45) is 1.74. The van der Waals surface area contributed by atoms with E-state index in [0.717, 1.165) is 4.88 Å². The molecule has 0 saturated carbocycles. The Morgan fingerprint density at radius 3 is 2.93 bits per heavy atom. The van der Waals surface area contributed by atoms with E-state index < -0.39 is 5.82 Å². The second-order valence-electron chi connectivity index (χ2n) is 5.80. The van der Waals surface area contributed by atoms with Crippen molar-refractivity contribution in [2.75, 3.05) is 0 Å². The molecule has 0 fully saturated rings. The van der Waals surface area contributed by atoms with Gasteiger partial charge in [-0.15, -0.1) is 28.1 Å². The third-order valence-corrected chi connectivity index (χ3v) is 5.65. The zero-order valence-electron chi connectivity index (χ0n) is 15.2. The van der Waals surface area contributed by atoms with E-state index in [4.69, 9.17) is 9.26 Å². The second-order valence-corrected chi connectivity index (χ2v) is 7.69. The lowest BCUT2D eigenvalue weighted by Crippen LogP contribution is -2.08. The Bertz CT molecular complexity index is 1090. The summed E-state index contributed by atoms with van der Waals surface area (Å²) in [5.41, 5.74) is 0. The third kappa shape index (κ3) is 4.54. The van der Waals surface area contributed by atoms with Gasteiger partial charge in [0.25, 0.3) is 5.89 Å². The van der Waals surface area contributed by atoms with Crippen LogP contribution in [0.25, 0.3) is 10.8 Å². The van der Waals surface area contributed by atoms with Crippen LogP contribution in [0.2, 0.25) is 0 Å². The standard InChI is InChI=1S/C19H16FN5O2S2/c1-2-9-25-17(11-26-14-7-4-3-6-13(14)20)22-23-19(25)29-12-16-21-18(27-24-16)15-8-5-10-28-15/h2-8,10H,1,9,11-12H2. The molecule has 10 heteroatoms. The summed E-state index contributed by atoms with van der Waals surface area (Å²) in [5.74, 6) is 1.86. The summed E-state index contributed by atoms with van der Waals surface area (Å²) in [4.78, 5) is 5.33. The maximum absolute atomic E-state index is 13.7. The number of benzene rings is 1. The highest BCUT2D eigenvalue weighted by Gasteiger charge is 2.16. The van der Waals surface area contributed by atoms with Crippen molar-refractivity contribution in [3.05, 3.63) is 71.9 Å². The number of para-hydroxylation sites is 1. The Kier molecular flexibility index (Phi) is 6.01. The molecule has 0 aliphatic carbocycles. The van der Waals surface area contributed by atoms with Crippen molar-refractivity contribution < 1.29 is 13.7 Å². The fourth-order valence-corrected chi connectivity index (χ4v) is 3.95. The number of aromatic nitrogens is 5. The van der Waals surface area contributed by atoms with Crippen molar-refractivity contribution in [1.82, 2.24) is 24.9 Å². The van der Waals surface area contributed by atoms with Gasteiger partial charge >= 0.3 is 0 Å². The van der Waals surface area contributed by atoms with Gasteiger partial charge in [0, 0.05) is 6.54 Å². The van der Waals surface area contributed by atoms with Crippen molar-refractivity contribution in [2.45, 2.75) is 24.1 Å². The molecule has 0 amide bonds. The van der Waals surface area contributed by atoms with E-state index in [2.05, 4.69) is 26.9 Å². The van der Waals surface area contributed by atoms with Gasteiger partial charge in [-0.1, -0.05) is 41.2 Å². The first-order valence-corrected chi connectivity index (χ1v) is 10.5. The summed E-state index contributed by atoms with van der Waals surface area (Å²) in [5, 5.41) is 15.0. The molecule has 0 aliphatic heterocycles. The summed E-state index contributed by atoms with van der Waals surface area (Å²) < 4.78 is 26.5. The van der Waals surface area contributed by atoms with Crippen LogP contribution in [0.3, 0.4) is 0 Å². The fraction of sp³-hybridized carbons (Fsp3) is 0.158. The number of rotatable bonds is 9. The third-order valence-electron chi connectivity index (χ3n) is 3.83. The zero-order chi connectivity index (χ0) is 20.1. The van der Waals surface area contributed by atoms with E-state index in [-0.39, 0.29) is 12.4 Å². The highest BCUT2D eigenvalue weighted by atomic mass is 32.2. The Morgan fingerprint density at radius 1 is 1.24 bits per heavy atom. The molecular weight excluding hydrogens is 413 g/mol. The number of nitrogens with zero attached hydrogens (tertiary/aromatic N) is 5. The van der Waals surface area contributed by atoms with Crippen molar-refractivity contribution in [3.8, 4) is 16.5 Å². The first-order valence-electron chi connectivity index (χ1n) is 8.64. The lowest BCUT2D eigenvalue weighted by molar-refractivity contribution is 0.275. The molecule has 0 atom stereocenters. The number of thioether (sulfide) groups is 1. The van der Waals surface area contributed by atoms with Crippen LogP contribution in [0.5, 0.6) is 5.75 Å². The van der Waals surface area contributed by atoms with Crippen molar-refractivity contribution in [3.63, 3.8) is 0 Å². The van der Waals surface area contributed by atoms with Crippen LogP contribution in [0.15, 0.2) is 64.1 Å². The maximum Gasteiger partial charge on any atom is 0.268 e. The van der Waals surface area contributed by atoms with Gasteiger partial charge in [0.2, 0.25) is 0 Å². The van der Waals surface area contributed by atoms with Crippen LogP contribution in [0.1, 0.15) is 11.6 Å². The van der Waals surface area contributed by atoms with Crippen molar-refractivity contribution in [1.29, 1.82) is 0 Å². The Labute approximate surface area is 174 Å². The molecule has 0 bridgehead atoms. The first-order chi connectivity index (χ1) is 14.2. The van der Waals surface area contributed by atoms with Gasteiger partial charge in [-0.25, -0.2) is 4.39 Å². The van der Waals surface area contributed by atoms with Gasteiger partial charge in [-0.2, -0.15) is 4.98 Å². The molecule has 0 spiro atoms. The molecule has 0 aliphatic rings. The van der Waals surface area contributed by atoms with Gasteiger partial charge < -0.3 is 9.26 Å². The van der Waals surface area contributed by atoms with Crippen LogP contribution >= 0.6 is 23.1 Å². The molecule has 4 rings (SSSR count). The number of ether oxygens (including phenoxy) is 1. The van der Waals surface area contributed by atoms with Gasteiger partial charge in [0.15, 0.2) is 28.4 Å². The van der Waals surface area contributed by atoms with E-state index >= 15 is 0 Å². The minimum atomic E-state index is -0.421. The number of hydrogen-bond acceptors (Lipinski definition) is 8. The smallest absolute Gasteiger partial charge is 0.268 e. The average Bonchev–Trinajstić information content (AvgIpc) is 3.47.